The molecule has 0 saturated carbocycles. The van der Waals surface area contributed by atoms with E-state index in [1.54, 1.807) is 0 Å². The lowest BCUT2D eigenvalue weighted by Gasteiger charge is -2.23. The van der Waals surface area contributed by atoms with Crippen LogP contribution in [0, 0.1) is 0 Å². The van der Waals surface area contributed by atoms with Crippen LogP contribution in [0.15, 0.2) is 0 Å². The highest BCUT2D eigenvalue weighted by Gasteiger charge is 2.31. The van der Waals surface area contributed by atoms with Gasteiger partial charge in [0.25, 0.3) is 0 Å². The predicted octanol–water partition coefficient (Wildman–Crippen LogP) is -4.04. The van der Waals surface area contributed by atoms with Gasteiger partial charge in [0, 0.05) is 0 Å². The first-order valence-corrected chi connectivity index (χ1v) is 9.04. The second kappa shape index (κ2) is 13.8. The molecule has 0 bridgehead atoms. The number of nitrogens with one attached hydrogen (secondary N) is 3. The molecule has 4 amide bonds. The topological polar surface area (TPSA) is 257 Å². The Bertz CT molecular complexity index is 656. The van der Waals surface area contributed by atoms with Crippen molar-refractivity contribution < 1.29 is 39.0 Å². The van der Waals surface area contributed by atoms with Crippen molar-refractivity contribution in [1.82, 2.24) is 16.0 Å². The summed E-state index contributed by atoms with van der Waals surface area (Å²) in [5, 5.41) is 24.6. The number of carbonyl (C=O) groups is 6. The van der Waals surface area contributed by atoms with E-state index in [9.17, 15) is 28.8 Å². The monoisotopic (exact) mass is 432 g/mol. The van der Waals surface area contributed by atoms with Crippen LogP contribution in [0.2, 0.25) is 0 Å². The lowest BCUT2D eigenvalue weighted by atomic mass is 10.1. The summed E-state index contributed by atoms with van der Waals surface area (Å²) in [7, 11) is 0. The van der Waals surface area contributed by atoms with Crippen LogP contribution < -0.4 is 33.2 Å². The van der Waals surface area contributed by atoms with Gasteiger partial charge in [0.05, 0.1) is 19.4 Å². The van der Waals surface area contributed by atoms with E-state index in [1.807, 2.05) is 5.32 Å². The number of nitrogens with two attached hydrogens (primary N) is 3. The molecule has 30 heavy (non-hydrogen) atoms. The Kier molecular flexibility index (Phi) is 12.3. The Labute approximate surface area is 171 Å². The molecule has 0 heterocycles. The van der Waals surface area contributed by atoms with Gasteiger partial charge in [-0.2, -0.15) is 0 Å². The maximum atomic E-state index is 12.5. The molecular formula is C16H28N6O8. The van der Waals surface area contributed by atoms with Crippen LogP contribution in [-0.4, -0.2) is 77.0 Å². The van der Waals surface area contributed by atoms with E-state index in [0.29, 0.717) is 19.4 Å². The quantitative estimate of drug-likeness (QED) is 0.116. The van der Waals surface area contributed by atoms with Gasteiger partial charge in [0.1, 0.15) is 18.1 Å². The number of unbranched alkanes of at least 4 members (excludes halogenated alkanes) is 1. The minimum atomic E-state index is -1.71. The Morgan fingerprint density at radius 1 is 0.767 bits per heavy atom. The molecule has 0 aliphatic rings. The van der Waals surface area contributed by atoms with Crippen LogP contribution in [0.3, 0.4) is 0 Å². The number of amides is 4. The van der Waals surface area contributed by atoms with Gasteiger partial charge in [-0.25, -0.2) is 4.79 Å². The normalized spacial score (nSPS) is 13.4. The number of carboxylic acids is 2. The Hall–Kier alpha value is -3.26. The van der Waals surface area contributed by atoms with Gasteiger partial charge in [-0.1, -0.05) is 0 Å². The fraction of sp³-hybridized carbons (Fsp3) is 0.625. The van der Waals surface area contributed by atoms with E-state index in [4.69, 9.17) is 27.4 Å². The number of hydrogen-bond acceptors (Lipinski definition) is 8. The van der Waals surface area contributed by atoms with Crippen molar-refractivity contribution in [3.8, 4) is 0 Å². The summed E-state index contributed by atoms with van der Waals surface area (Å²) in [5.74, 6) is -6.69. The first-order chi connectivity index (χ1) is 14.0. The maximum Gasteiger partial charge on any atom is 0.326 e. The molecule has 0 aliphatic carbocycles. The average molecular weight is 432 g/mol. The fourth-order valence-corrected chi connectivity index (χ4v) is 2.34. The summed E-state index contributed by atoms with van der Waals surface area (Å²) in [6.07, 6.45) is -0.455. The molecular weight excluding hydrogens is 404 g/mol. The predicted molar refractivity (Wildman–Crippen MR) is 101 cm³/mol. The number of rotatable bonds is 15. The van der Waals surface area contributed by atoms with Crippen LogP contribution in [-0.2, 0) is 28.8 Å². The molecule has 0 aromatic heterocycles. The molecule has 14 nitrogen and oxygen atoms in total. The standard InChI is InChI=1S/C16H28N6O8/c17-4-2-1-3-8(20-12(24)7-18)14(27)21-9(6-13(25)26)15(28)22-10(16(29)30)5-11(19)23/h8-10H,1-7,17-18H2,(H2,19,23)(H,20,24)(H,21,27)(H,22,28)(H,25,26)(H,29,30). The number of carbonyl (C=O) groups excluding carboxylic acids is 4. The van der Waals surface area contributed by atoms with Gasteiger partial charge < -0.3 is 43.4 Å². The highest BCUT2D eigenvalue weighted by atomic mass is 16.4. The molecule has 0 fully saturated rings. The number of hydrogen-bond donors (Lipinski definition) is 8. The van der Waals surface area contributed by atoms with Gasteiger partial charge in [-0.15, -0.1) is 0 Å². The van der Waals surface area contributed by atoms with E-state index >= 15 is 0 Å². The lowest BCUT2D eigenvalue weighted by molar-refractivity contribution is -0.144. The summed E-state index contributed by atoms with van der Waals surface area (Å²) in [4.78, 5) is 69.6. The molecule has 11 N–H and O–H groups in total. The molecule has 0 aromatic rings. The van der Waals surface area contributed by atoms with E-state index in [1.165, 1.54) is 0 Å². The summed E-state index contributed by atoms with van der Waals surface area (Å²) >= 11 is 0. The molecule has 14 heteroatoms. The summed E-state index contributed by atoms with van der Waals surface area (Å²) in [6, 6.07) is -4.49. The molecule has 0 spiro atoms. The average Bonchev–Trinajstić information content (AvgIpc) is 2.65. The van der Waals surface area contributed by atoms with Gasteiger partial charge in [0.2, 0.25) is 23.6 Å². The summed E-state index contributed by atoms with van der Waals surface area (Å²) in [5.41, 5.74) is 15.5. The van der Waals surface area contributed by atoms with Crippen molar-refractivity contribution >= 4 is 35.6 Å². The van der Waals surface area contributed by atoms with Crippen LogP contribution in [0.4, 0.5) is 0 Å². The van der Waals surface area contributed by atoms with Crippen LogP contribution >= 0.6 is 0 Å². The van der Waals surface area contributed by atoms with E-state index in [-0.39, 0.29) is 6.42 Å². The van der Waals surface area contributed by atoms with Crippen LogP contribution in [0.25, 0.3) is 0 Å². The molecule has 3 unspecified atom stereocenters. The second-order valence-corrected chi connectivity index (χ2v) is 6.34. The van der Waals surface area contributed by atoms with Crippen molar-refractivity contribution in [3.63, 3.8) is 0 Å². The number of primary amides is 1. The number of carboxylic acid groups (broad SMARTS) is 2. The highest BCUT2D eigenvalue weighted by Crippen LogP contribution is 2.04. The lowest BCUT2D eigenvalue weighted by Crippen LogP contribution is -2.57. The van der Waals surface area contributed by atoms with Crippen molar-refractivity contribution in [2.24, 2.45) is 17.2 Å². The zero-order chi connectivity index (χ0) is 23.3. The molecule has 0 rings (SSSR count). The van der Waals surface area contributed by atoms with Gasteiger partial charge in [0.15, 0.2) is 0 Å². The molecule has 0 radical (unpaired) electrons. The third kappa shape index (κ3) is 10.9. The molecule has 0 aliphatic heterocycles. The van der Waals surface area contributed by atoms with E-state index < -0.39 is 73.1 Å². The minimum absolute atomic E-state index is 0.148. The van der Waals surface area contributed by atoms with Crippen LogP contribution in [0.1, 0.15) is 32.1 Å². The van der Waals surface area contributed by atoms with E-state index in [0.717, 1.165) is 0 Å². The molecule has 170 valence electrons. The first-order valence-electron chi connectivity index (χ1n) is 9.04. The minimum Gasteiger partial charge on any atom is -0.481 e. The Morgan fingerprint density at radius 3 is 1.80 bits per heavy atom. The second-order valence-electron chi connectivity index (χ2n) is 6.34. The van der Waals surface area contributed by atoms with Crippen molar-refractivity contribution in [1.29, 1.82) is 0 Å². The maximum absolute atomic E-state index is 12.5. The van der Waals surface area contributed by atoms with Crippen molar-refractivity contribution in [2.75, 3.05) is 13.1 Å². The SMILES string of the molecule is NCCCCC(NC(=O)CN)C(=O)NC(CC(=O)O)C(=O)NC(CC(N)=O)C(=O)O. The summed E-state index contributed by atoms with van der Waals surface area (Å²) < 4.78 is 0. The number of aliphatic carboxylic acids is 2. The Balaban J connectivity index is 5.36. The van der Waals surface area contributed by atoms with Crippen molar-refractivity contribution in [3.05, 3.63) is 0 Å². The van der Waals surface area contributed by atoms with Crippen LogP contribution in [0.5, 0.6) is 0 Å². The fourth-order valence-electron chi connectivity index (χ4n) is 2.34. The zero-order valence-corrected chi connectivity index (χ0v) is 16.3. The first kappa shape index (κ1) is 26.7. The summed E-state index contributed by atoms with van der Waals surface area (Å²) in [6.45, 7) is -0.0488. The Morgan fingerprint density at radius 2 is 1.33 bits per heavy atom. The highest BCUT2D eigenvalue weighted by molar-refractivity contribution is 5.96. The largest absolute Gasteiger partial charge is 0.481 e. The zero-order valence-electron chi connectivity index (χ0n) is 16.3. The third-order valence-corrected chi connectivity index (χ3v) is 3.82. The van der Waals surface area contributed by atoms with E-state index in [2.05, 4.69) is 10.6 Å². The molecule has 0 aromatic carbocycles. The van der Waals surface area contributed by atoms with Gasteiger partial charge in [-0.3, -0.25) is 24.0 Å². The smallest absolute Gasteiger partial charge is 0.326 e. The van der Waals surface area contributed by atoms with Gasteiger partial charge in [-0.05, 0) is 25.8 Å². The molecule has 0 saturated heterocycles. The van der Waals surface area contributed by atoms with Crippen molar-refractivity contribution in [2.45, 2.75) is 50.2 Å². The van der Waals surface area contributed by atoms with Gasteiger partial charge >= 0.3 is 11.9 Å². The molecule has 3 atom stereocenters. The third-order valence-electron chi connectivity index (χ3n) is 3.82.